The molecule has 0 saturated carbocycles. The normalized spacial score (nSPS) is 16.0. The summed E-state index contributed by atoms with van der Waals surface area (Å²) >= 11 is 1.48. The molecule has 0 atom stereocenters. The lowest BCUT2D eigenvalue weighted by molar-refractivity contribution is 0.669. The van der Waals surface area contributed by atoms with Crippen LogP contribution in [-0.4, -0.2) is 0 Å². The summed E-state index contributed by atoms with van der Waals surface area (Å²) in [7, 11) is 0. The molecule has 230 valence electrons. The lowest BCUT2D eigenvalue weighted by Gasteiger charge is -2.26. The monoisotopic (exact) mass is 658 g/mol. The highest BCUT2D eigenvalue weighted by atomic mass is 32.1. The predicted octanol–water partition coefficient (Wildman–Crippen LogP) is 13.9. The summed E-state index contributed by atoms with van der Waals surface area (Å²) in [5.41, 5.74) is -0.514. The van der Waals surface area contributed by atoms with Crippen molar-refractivity contribution in [1.29, 1.82) is 0 Å². The van der Waals surface area contributed by atoms with Crippen molar-refractivity contribution in [1.82, 2.24) is 0 Å². The van der Waals surface area contributed by atoms with Gasteiger partial charge in [-0.1, -0.05) is 115 Å². The number of thiophene rings is 1. The number of para-hydroxylation sites is 1. The van der Waals surface area contributed by atoms with Crippen molar-refractivity contribution in [2.45, 2.75) is 0 Å². The van der Waals surface area contributed by atoms with Crippen molar-refractivity contribution in [2.75, 3.05) is 4.90 Å². The van der Waals surface area contributed by atoms with E-state index in [9.17, 15) is 8.22 Å². The first-order chi connectivity index (χ1) is 30.5. The molecule has 0 N–H and O–H groups in total. The Labute approximate surface area is 308 Å². The molecule has 0 aliphatic carbocycles. The molecule has 0 amide bonds. The third-order valence-electron chi connectivity index (χ3n) is 8.52. The Hall–Kier alpha value is -6.16. The molecule has 10 rings (SSSR count). The van der Waals surface area contributed by atoms with Gasteiger partial charge in [-0.25, -0.2) is 0 Å². The smallest absolute Gasteiger partial charge is 0.137 e. The van der Waals surface area contributed by atoms with Gasteiger partial charge in [0.15, 0.2) is 0 Å². The molecule has 3 heteroatoms. The van der Waals surface area contributed by atoms with Crippen LogP contribution in [0.2, 0.25) is 0 Å². The van der Waals surface area contributed by atoms with Crippen LogP contribution in [0.4, 0.5) is 17.1 Å². The van der Waals surface area contributed by atoms with Crippen molar-refractivity contribution in [3.05, 3.63) is 176 Å². The number of hydrogen-bond donors (Lipinski definition) is 0. The van der Waals surface area contributed by atoms with Crippen molar-refractivity contribution in [3.8, 4) is 22.3 Å². The summed E-state index contributed by atoms with van der Waals surface area (Å²) in [6.45, 7) is 0. The number of furan rings is 1. The first kappa shape index (κ1) is 16.8. The zero-order valence-corrected chi connectivity index (χ0v) is 26.2. The Bertz CT molecular complexity index is 3650. The first-order valence-corrected chi connectivity index (χ1v) is 16.2. The Morgan fingerprint density at radius 3 is 1.96 bits per heavy atom. The van der Waals surface area contributed by atoms with Crippen LogP contribution in [0.1, 0.15) is 20.6 Å². The summed E-state index contributed by atoms with van der Waals surface area (Å²) in [5.74, 6) is 0. The summed E-state index contributed by atoms with van der Waals surface area (Å²) < 4.78 is 143. The number of nitrogens with zero attached hydrogens (tertiary/aromatic N) is 1. The van der Waals surface area contributed by atoms with Crippen LogP contribution in [-0.2, 0) is 0 Å². The molecule has 0 radical (unpaired) electrons. The van der Waals surface area contributed by atoms with E-state index in [1.807, 2.05) is 72.8 Å². The highest BCUT2D eigenvalue weighted by Crippen LogP contribution is 2.46. The van der Waals surface area contributed by atoms with Crippen LogP contribution in [0.5, 0.6) is 0 Å². The third-order valence-corrected chi connectivity index (χ3v) is 9.73. The van der Waals surface area contributed by atoms with Crippen LogP contribution in [0, 0.1) is 0 Å². The van der Waals surface area contributed by atoms with E-state index in [1.165, 1.54) is 11.3 Å². The van der Waals surface area contributed by atoms with Gasteiger partial charge in [0, 0.05) is 43.7 Å². The molecule has 49 heavy (non-hydrogen) atoms. The summed E-state index contributed by atoms with van der Waals surface area (Å²) in [5, 5.41) is 2.54. The summed E-state index contributed by atoms with van der Waals surface area (Å²) in [6.07, 6.45) is 0. The van der Waals surface area contributed by atoms with E-state index in [1.54, 1.807) is 17.0 Å². The van der Waals surface area contributed by atoms with E-state index in [0.29, 0.717) is 22.5 Å². The quantitative estimate of drug-likeness (QED) is 0.183. The second-order valence-electron chi connectivity index (χ2n) is 11.3. The fourth-order valence-electron chi connectivity index (χ4n) is 6.32. The Balaban J connectivity index is 1.33. The van der Waals surface area contributed by atoms with E-state index < -0.39 is 124 Å². The first-order valence-electron chi connectivity index (χ1n) is 22.9. The van der Waals surface area contributed by atoms with Gasteiger partial charge in [-0.3, -0.25) is 0 Å². The van der Waals surface area contributed by atoms with Crippen molar-refractivity contribution in [2.24, 2.45) is 0 Å². The molecule has 0 aliphatic rings. The molecular formula is C46H29NOS. The van der Waals surface area contributed by atoms with Gasteiger partial charge in [0.25, 0.3) is 0 Å². The summed E-state index contributed by atoms with van der Waals surface area (Å²) in [6, 6.07) is 15.2. The molecule has 0 bridgehead atoms. The highest BCUT2D eigenvalue weighted by Gasteiger charge is 2.20. The average Bonchev–Trinajstić information content (AvgIpc) is 3.87. The Kier molecular flexibility index (Phi) is 3.85. The second-order valence-corrected chi connectivity index (χ2v) is 12.4. The van der Waals surface area contributed by atoms with E-state index >= 15 is 0 Å². The van der Waals surface area contributed by atoms with Gasteiger partial charge in [0.05, 0.1) is 30.9 Å². The minimum atomic E-state index is -0.809. The van der Waals surface area contributed by atoms with Crippen LogP contribution < -0.4 is 4.90 Å². The van der Waals surface area contributed by atoms with Gasteiger partial charge >= 0.3 is 0 Å². The zero-order chi connectivity index (χ0) is 45.4. The highest BCUT2D eigenvalue weighted by molar-refractivity contribution is 7.26. The Morgan fingerprint density at radius 1 is 0.510 bits per heavy atom. The van der Waals surface area contributed by atoms with Gasteiger partial charge in [-0.15, -0.1) is 11.3 Å². The van der Waals surface area contributed by atoms with E-state index in [2.05, 4.69) is 0 Å². The molecule has 2 nitrogen and oxygen atoms in total. The molecular weight excluding hydrogens is 615 g/mol. The minimum absolute atomic E-state index is 0.205. The van der Waals surface area contributed by atoms with Crippen molar-refractivity contribution < 1.29 is 25.0 Å². The summed E-state index contributed by atoms with van der Waals surface area (Å²) in [4.78, 5) is 1.61. The fraction of sp³-hybridized carbons (Fsp3) is 0. The fourth-order valence-corrected chi connectivity index (χ4v) is 7.52. The van der Waals surface area contributed by atoms with E-state index in [4.69, 9.17) is 16.8 Å². The maximum Gasteiger partial charge on any atom is 0.137 e. The van der Waals surface area contributed by atoms with Crippen LogP contribution >= 0.6 is 11.3 Å². The molecule has 0 fully saturated rings. The van der Waals surface area contributed by atoms with Crippen LogP contribution in [0.25, 0.3) is 75.1 Å². The van der Waals surface area contributed by atoms with Gasteiger partial charge in [0.1, 0.15) is 11.2 Å². The van der Waals surface area contributed by atoms with E-state index in [-0.39, 0.29) is 5.69 Å². The molecule has 0 spiro atoms. The van der Waals surface area contributed by atoms with Gasteiger partial charge in [-0.05, 0) is 87.5 Å². The number of anilines is 3. The second kappa shape index (κ2) is 11.2. The predicted molar refractivity (Wildman–Crippen MR) is 210 cm³/mol. The molecule has 10 aromatic rings. The van der Waals surface area contributed by atoms with Crippen LogP contribution in [0.15, 0.2) is 180 Å². The number of benzene rings is 8. The topological polar surface area (TPSA) is 16.4 Å². The minimum Gasteiger partial charge on any atom is -0.456 e. The average molecular weight is 659 g/mol. The third kappa shape index (κ3) is 4.62. The van der Waals surface area contributed by atoms with Gasteiger partial charge in [-0.2, -0.15) is 0 Å². The number of fused-ring (bicyclic) bond motifs is 7. The number of hydrogen-bond acceptors (Lipinski definition) is 3. The molecule has 0 saturated heterocycles. The van der Waals surface area contributed by atoms with Gasteiger partial charge in [0.2, 0.25) is 0 Å². The lowest BCUT2D eigenvalue weighted by atomic mass is 9.91. The molecule has 0 unspecified atom stereocenters. The lowest BCUT2D eigenvalue weighted by Crippen LogP contribution is -2.10. The van der Waals surface area contributed by atoms with Crippen molar-refractivity contribution >= 4 is 81.3 Å². The maximum atomic E-state index is 9.76. The largest absolute Gasteiger partial charge is 0.456 e. The van der Waals surface area contributed by atoms with Gasteiger partial charge < -0.3 is 9.32 Å². The SMILES string of the molecule is [2H]c1c([2H])c([2H])c(-c2c(-c3c([2H])c([2H])c(N(c4ccc5c(c4)oc4ccccc45)c4cccc5c4sc4ccccc45)c([2H])c3[2H])c([2H])c3c([2H])c([2H])c([2H])c([2H])c3c2[2H])c([2H])c1[2H]. The van der Waals surface area contributed by atoms with Crippen molar-refractivity contribution in [3.63, 3.8) is 0 Å². The molecule has 2 heterocycles. The van der Waals surface area contributed by atoms with E-state index in [0.717, 1.165) is 30.9 Å². The molecule has 0 aliphatic heterocycles. The maximum absolute atomic E-state index is 9.76. The zero-order valence-electron chi connectivity index (χ0n) is 40.3. The Morgan fingerprint density at radius 2 is 1.16 bits per heavy atom. The van der Waals surface area contributed by atoms with Crippen LogP contribution in [0.3, 0.4) is 0 Å². The number of rotatable bonds is 5. The standard InChI is InChI=1S/C46H29NOS/c1-2-11-30(12-3-1)40-27-32-13-4-5-14-33(32)28-41(40)31-21-23-34(24-22-31)47(35-25-26-37-36-15-6-8-19-43(36)48-44(37)29-35)42-18-10-17-39-38-16-7-9-20-45(38)49-46(39)42/h1-29H/i1D,2D,3D,4D,5D,11D,12D,13D,14D,21D,22D,23D,24D,27D,28D. The molecule has 8 aromatic carbocycles. The molecule has 2 aromatic heterocycles.